The Labute approximate surface area is 192 Å². The van der Waals surface area contributed by atoms with Gasteiger partial charge in [-0.25, -0.2) is 4.39 Å². The highest BCUT2D eigenvalue weighted by Crippen LogP contribution is 2.31. The highest BCUT2D eigenvalue weighted by atomic mass is 19.1. The van der Waals surface area contributed by atoms with Crippen molar-refractivity contribution in [3.63, 3.8) is 0 Å². The quantitative estimate of drug-likeness (QED) is 0.606. The largest absolute Gasteiger partial charge is 0.342 e. The van der Waals surface area contributed by atoms with E-state index in [1.54, 1.807) is 24.0 Å². The highest BCUT2D eigenvalue weighted by Gasteiger charge is 2.35. The standard InChI is InChI=1S/C25H34FN3O3.2H2/c1-2-21(30)24(16-7-4-3-5-8-16)28-25(32)20-10-6-9-19(23(20)26)17-14-29(15-17)22(31)13-27-18-11-12-18;;/h6,9-10,16-18,24,27H,2-5,7-8,11-15H2,1H3,(H,28,32);2*1H/t24-;;/m1../s1. The normalized spacial score (nSPS) is 20.5. The second-order valence-corrected chi connectivity index (χ2v) is 9.53. The van der Waals surface area contributed by atoms with Crippen molar-refractivity contribution in [3.8, 4) is 0 Å². The zero-order valence-electron chi connectivity index (χ0n) is 18.9. The van der Waals surface area contributed by atoms with Gasteiger partial charge < -0.3 is 15.5 Å². The topological polar surface area (TPSA) is 78.5 Å². The molecule has 1 aromatic rings. The lowest BCUT2D eigenvalue weighted by Gasteiger charge is -2.40. The molecule has 2 aliphatic carbocycles. The van der Waals surface area contributed by atoms with E-state index in [0.717, 1.165) is 44.9 Å². The van der Waals surface area contributed by atoms with E-state index in [2.05, 4.69) is 10.6 Å². The van der Waals surface area contributed by atoms with E-state index in [-0.39, 0.29) is 31.9 Å². The average Bonchev–Trinajstić information content (AvgIpc) is 3.60. The number of carbonyl (C=O) groups excluding carboxylic acids is 3. The number of halogens is 1. The lowest BCUT2D eigenvalue weighted by molar-refractivity contribution is -0.134. The number of benzene rings is 1. The summed E-state index contributed by atoms with van der Waals surface area (Å²) in [6.07, 6.45) is 7.72. The maximum atomic E-state index is 15.3. The predicted molar refractivity (Wildman–Crippen MR) is 124 cm³/mol. The van der Waals surface area contributed by atoms with Crippen LogP contribution in [0.5, 0.6) is 0 Å². The first-order valence-corrected chi connectivity index (χ1v) is 12.1. The fourth-order valence-corrected chi connectivity index (χ4v) is 4.92. The van der Waals surface area contributed by atoms with Crippen LogP contribution in [0.4, 0.5) is 4.39 Å². The lowest BCUT2D eigenvalue weighted by atomic mass is 9.81. The number of carbonyl (C=O) groups is 3. The van der Waals surface area contributed by atoms with E-state index >= 15 is 4.39 Å². The van der Waals surface area contributed by atoms with Crippen LogP contribution in [-0.2, 0) is 9.59 Å². The first-order chi connectivity index (χ1) is 15.5. The van der Waals surface area contributed by atoms with Crippen LogP contribution >= 0.6 is 0 Å². The van der Waals surface area contributed by atoms with Crippen molar-refractivity contribution in [1.29, 1.82) is 0 Å². The minimum absolute atomic E-state index is 0. The van der Waals surface area contributed by atoms with Crippen molar-refractivity contribution in [2.75, 3.05) is 19.6 Å². The molecule has 2 N–H and O–H groups in total. The predicted octanol–water partition coefficient (Wildman–Crippen LogP) is 3.65. The van der Waals surface area contributed by atoms with Crippen LogP contribution in [0.2, 0.25) is 0 Å². The van der Waals surface area contributed by atoms with Gasteiger partial charge in [0.25, 0.3) is 5.91 Å². The van der Waals surface area contributed by atoms with Crippen LogP contribution in [0, 0.1) is 11.7 Å². The number of ketones is 1. The molecule has 0 aromatic heterocycles. The van der Waals surface area contributed by atoms with Crippen LogP contribution in [0.1, 0.15) is 83.0 Å². The number of hydrogen-bond donors (Lipinski definition) is 2. The lowest BCUT2D eigenvalue weighted by Crippen LogP contribution is -2.51. The zero-order valence-corrected chi connectivity index (χ0v) is 18.9. The molecule has 0 bridgehead atoms. The van der Waals surface area contributed by atoms with E-state index in [0.29, 0.717) is 37.7 Å². The Morgan fingerprint density at radius 3 is 2.50 bits per heavy atom. The van der Waals surface area contributed by atoms with Gasteiger partial charge in [-0.05, 0) is 43.2 Å². The number of likely N-dealkylation sites (tertiary alicyclic amines) is 1. The Bertz CT molecular complexity index is 869. The summed E-state index contributed by atoms with van der Waals surface area (Å²) >= 11 is 0. The molecule has 6 nitrogen and oxygen atoms in total. The summed E-state index contributed by atoms with van der Waals surface area (Å²) in [6.45, 7) is 3.06. The first kappa shape index (κ1) is 22.9. The van der Waals surface area contributed by atoms with Crippen molar-refractivity contribution in [1.82, 2.24) is 15.5 Å². The number of rotatable bonds is 9. The number of amides is 2. The van der Waals surface area contributed by atoms with E-state index in [9.17, 15) is 14.4 Å². The van der Waals surface area contributed by atoms with E-state index in [1.165, 1.54) is 6.07 Å². The number of nitrogens with one attached hydrogen (secondary N) is 2. The average molecular weight is 448 g/mol. The minimum atomic E-state index is -0.549. The molecule has 1 aliphatic heterocycles. The van der Waals surface area contributed by atoms with Gasteiger partial charge in [-0.3, -0.25) is 14.4 Å². The second-order valence-electron chi connectivity index (χ2n) is 9.53. The van der Waals surface area contributed by atoms with Gasteiger partial charge in [-0.2, -0.15) is 0 Å². The summed E-state index contributed by atoms with van der Waals surface area (Å²) < 4.78 is 15.3. The number of nitrogens with zero attached hydrogens (tertiary/aromatic N) is 1. The van der Waals surface area contributed by atoms with Crippen molar-refractivity contribution in [2.24, 2.45) is 5.92 Å². The van der Waals surface area contributed by atoms with Gasteiger partial charge in [-0.15, -0.1) is 0 Å². The molecule has 32 heavy (non-hydrogen) atoms. The van der Waals surface area contributed by atoms with Crippen LogP contribution in [0.3, 0.4) is 0 Å². The smallest absolute Gasteiger partial charge is 0.254 e. The summed E-state index contributed by atoms with van der Waals surface area (Å²) in [5.41, 5.74) is 0.445. The fraction of sp³-hybridized carbons (Fsp3) is 0.640. The second kappa shape index (κ2) is 10.1. The van der Waals surface area contributed by atoms with Gasteiger partial charge in [-0.1, -0.05) is 38.3 Å². The maximum Gasteiger partial charge on any atom is 0.254 e. The minimum Gasteiger partial charge on any atom is -0.342 e. The molecule has 1 aromatic carbocycles. The van der Waals surface area contributed by atoms with Gasteiger partial charge in [0.15, 0.2) is 5.78 Å². The molecule has 178 valence electrons. The molecule has 1 saturated heterocycles. The van der Waals surface area contributed by atoms with Crippen LogP contribution in [0.15, 0.2) is 18.2 Å². The Hall–Kier alpha value is -2.28. The summed E-state index contributed by atoms with van der Waals surface area (Å²) in [5.74, 6) is -1.00. The highest BCUT2D eigenvalue weighted by molar-refractivity contribution is 5.98. The summed E-state index contributed by atoms with van der Waals surface area (Å²) in [6, 6.07) is 4.77. The van der Waals surface area contributed by atoms with Gasteiger partial charge in [0.2, 0.25) is 5.91 Å². The molecule has 0 unspecified atom stereocenters. The summed E-state index contributed by atoms with van der Waals surface area (Å²) in [4.78, 5) is 39.5. The number of Topliss-reactive ketones (excluding diaryl/α,β-unsaturated/α-hetero) is 1. The van der Waals surface area contributed by atoms with Crippen LogP contribution in [-0.4, -0.2) is 54.2 Å². The molecule has 0 spiro atoms. The molecule has 3 aliphatic rings. The Kier molecular flexibility index (Phi) is 7.23. The van der Waals surface area contributed by atoms with Gasteiger partial charge in [0.1, 0.15) is 5.82 Å². The molecule has 4 rings (SSSR count). The molecule has 3 fully saturated rings. The van der Waals surface area contributed by atoms with Gasteiger partial charge >= 0.3 is 0 Å². The van der Waals surface area contributed by atoms with Crippen LogP contribution in [0.25, 0.3) is 0 Å². The van der Waals surface area contributed by atoms with Crippen molar-refractivity contribution in [3.05, 3.63) is 35.1 Å². The van der Waals surface area contributed by atoms with Crippen LogP contribution < -0.4 is 10.6 Å². The van der Waals surface area contributed by atoms with E-state index in [1.807, 2.05) is 0 Å². The molecule has 2 amide bonds. The number of hydrogen-bond acceptors (Lipinski definition) is 4. The Morgan fingerprint density at radius 2 is 1.84 bits per heavy atom. The third-order valence-corrected chi connectivity index (χ3v) is 7.17. The van der Waals surface area contributed by atoms with Gasteiger partial charge in [0, 0.05) is 34.3 Å². The van der Waals surface area contributed by atoms with Crippen molar-refractivity contribution in [2.45, 2.75) is 76.3 Å². The summed E-state index contributed by atoms with van der Waals surface area (Å²) in [7, 11) is 0. The zero-order chi connectivity index (χ0) is 22.7. The molecule has 1 atom stereocenters. The maximum absolute atomic E-state index is 15.3. The molecular formula is C25H38FN3O3. The first-order valence-electron chi connectivity index (χ1n) is 12.1. The molecular weight excluding hydrogens is 409 g/mol. The molecule has 1 heterocycles. The molecule has 7 heteroatoms. The SMILES string of the molecule is CCC(=O)[C@H](NC(=O)c1cccc(C2CN(C(=O)CNC3CC3)C2)c1F)C1CCCCC1.[HH].[HH]. The summed E-state index contributed by atoms with van der Waals surface area (Å²) in [5, 5.41) is 6.06. The Morgan fingerprint density at radius 1 is 1.12 bits per heavy atom. The molecule has 0 radical (unpaired) electrons. The monoisotopic (exact) mass is 447 g/mol. The molecule has 2 saturated carbocycles. The third-order valence-electron chi connectivity index (χ3n) is 7.17. The van der Waals surface area contributed by atoms with E-state index < -0.39 is 17.8 Å². The fourth-order valence-electron chi connectivity index (χ4n) is 4.92. The van der Waals surface area contributed by atoms with Crippen molar-refractivity contribution >= 4 is 17.6 Å². The Balaban J connectivity index is 0.00000204. The van der Waals surface area contributed by atoms with E-state index in [4.69, 9.17) is 0 Å². The third kappa shape index (κ3) is 5.20. The van der Waals surface area contributed by atoms with Crippen molar-refractivity contribution < 1.29 is 21.6 Å². The van der Waals surface area contributed by atoms with Gasteiger partial charge in [0.05, 0.1) is 18.2 Å².